The van der Waals surface area contributed by atoms with Gasteiger partial charge in [0.05, 0.1) is 18.4 Å². The normalized spacial score (nSPS) is 10.9. The maximum atomic E-state index is 13.6. The number of hydrogen-bond donors (Lipinski definition) is 0. The SMILES string of the molecule is CCN(Cc1cccc(F)c1)C(=O)CSc1nnc(-c2ccccc2OC)n1-c1ccc(C)cc1. The molecule has 0 saturated carbocycles. The number of methoxy groups -OCH3 is 1. The van der Waals surface area contributed by atoms with E-state index >= 15 is 0 Å². The zero-order valence-corrected chi connectivity index (χ0v) is 20.8. The van der Waals surface area contributed by atoms with Gasteiger partial charge in [0, 0.05) is 18.8 Å². The van der Waals surface area contributed by atoms with Crippen LogP contribution in [0.15, 0.2) is 78.0 Å². The molecule has 0 bridgehead atoms. The molecular weight excluding hydrogens is 463 g/mol. The largest absolute Gasteiger partial charge is 0.496 e. The number of amides is 1. The maximum absolute atomic E-state index is 13.6. The predicted molar refractivity (Wildman–Crippen MR) is 136 cm³/mol. The summed E-state index contributed by atoms with van der Waals surface area (Å²) in [7, 11) is 1.62. The Labute approximate surface area is 208 Å². The highest BCUT2D eigenvalue weighted by atomic mass is 32.2. The molecule has 0 radical (unpaired) electrons. The van der Waals surface area contributed by atoms with Gasteiger partial charge in [-0.15, -0.1) is 10.2 Å². The Morgan fingerprint density at radius 2 is 1.83 bits per heavy atom. The number of carbonyl (C=O) groups is 1. The summed E-state index contributed by atoms with van der Waals surface area (Å²) >= 11 is 1.32. The zero-order valence-electron chi connectivity index (χ0n) is 19.9. The van der Waals surface area contributed by atoms with Crippen LogP contribution in [-0.2, 0) is 11.3 Å². The number of para-hydroxylation sites is 1. The number of halogens is 1. The maximum Gasteiger partial charge on any atom is 0.233 e. The van der Waals surface area contributed by atoms with Gasteiger partial charge in [-0.1, -0.05) is 53.7 Å². The summed E-state index contributed by atoms with van der Waals surface area (Å²) in [6, 6.07) is 22.0. The second-order valence-corrected chi connectivity index (χ2v) is 8.95. The molecule has 0 atom stereocenters. The average molecular weight is 491 g/mol. The number of benzene rings is 3. The quantitative estimate of drug-likeness (QED) is 0.289. The van der Waals surface area contributed by atoms with Crippen molar-refractivity contribution in [1.82, 2.24) is 19.7 Å². The van der Waals surface area contributed by atoms with Crippen molar-refractivity contribution >= 4 is 17.7 Å². The zero-order chi connectivity index (χ0) is 24.8. The van der Waals surface area contributed by atoms with Crippen molar-refractivity contribution in [2.45, 2.75) is 25.5 Å². The van der Waals surface area contributed by atoms with Crippen LogP contribution in [0.2, 0.25) is 0 Å². The molecule has 0 fully saturated rings. The van der Waals surface area contributed by atoms with Gasteiger partial charge < -0.3 is 9.64 Å². The summed E-state index contributed by atoms with van der Waals surface area (Å²) < 4.78 is 21.1. The van der Waals surface area contributed by atoms with Crippen LogP contribution in [0.5, 0.6) is 5.75 Å². The molecule has 4 aromatic rings. The predicted octanol–water partition coefficient (Wildman–Crippen LogP) is 5.53. The van der Waals surface area contributed by atoms with E-state index in [9.17, 15) is 9.18 Å². The van der Waals surface area contributed by atoms with Crippen LogP contribution in [-0.4, -0.2) is 45.0 Å². The molecule has 4 rings (SSSR count). The third kappa shape index (κ3) is 5.71. The number of rotatable bonds is 9. The van der Waals surface area contributed by atoms with Crippen LogP contribution in [0.1, 0.15) is 18.1 Å². The molecule has 0 spiro atoms. The van der Waals surface area contributed by atoms with E-state index < -0.39 is 0 Å². The van der Waals surface area contributed by atoms with Gasteiger partial charge in [-0.3, -0.25) is 9.36 Å². The van der Waals surface area contributed by atoms with E-state index in [4.69, 9.17) is 4.74 Å². The molecule has 1 aromatic heterocycles. The lowest BCUT2D eigenvalue weighted by molar-refractivity contribution is -0.128. The van der Waals surface area contributed by atoms with E-state index in [1.807, 2.05) is 73.0 Å². The number of aryl methyl sites for hydroxylation is 1. The summed E-state index contributed by atoms with van der Waals surface area (Å²) in [4.78, 5) is 14.7. The van der Waals surface area contributed by atoms with Crippen molar-refractivity contribution in [2.24, 2.45) is 0 Å². The molecule has 6 nitrogen and oxygen atoms in total. The highest BCUT2D eigenvalue weighted by Crippen LogP contribution is 2.33. The second kappa shape index (κ2) is 11.2. The third-order valence-electron chi connectivity index (χ3n) is 5.60. The molecule has 3 aromatic carbocycles. The Morgan fingerprint density at radius 3 is 2.54 bits per heavy atom. The van der Waals surface area contributed by atoms with Crippen LogP contribution in [0.4, 0.5) is 4.39 Å². The van der Waals surface area contributed by atoms with Crippen molar-refractivity contribution in [2.75, 3.05) is 19.4 Å². The summed E-state index contributed by atoms with van der Waals surface area (Å²) in [5.74, 6) is 1.13. The van der Waals surface area contributed by atoms with E-state index in [1.54, 1.807) is 18.1 Å². The number of carbonyl (C=O) groups excluding carboxylic acids is 1. The first-order valence-corrected chi connectivity index (χ1v) is 12.3. The van der Waals surface area contributed by atoms with Crippen molar-refractivity contribution in [3.63, 3.8) is 0 Å². The fraction of sp³-hybridized carbons (Fsp3) is 0.222. The van der Waals surface area contributed by atoms with Gasteiger partial charge in [-0.05, 0) is 55.8 Å². The number of hydrogen-bond acceptors (Lipinski definition) is 5. The second-order valence-electron chi connectivity index (χ2n) is 8.00. The summed E-state index contributed by atoms with van der Waals surface area (Å²) in [6.45, 7) is 4.82. The van der Waals surface area contributed by atoms with Gasteiger partial charge in [-0.2, -0.15) is 0 Å². The monoisotopic (exact) mass is 490 g/mol. The molecule has 1 amide bonds. The summed E-state index contributed by atoms with van der Waals surface area (Å²) in [5, 5.41) is 9.48. The van der Waals surface area contributed by atoms with E-state index in [2.05, 4.69) is 10.2 Å². The fourth-order valence-electron chi connectivity index (χ4n) is 3.74. The molecule has 8 heteroatoms. The standard InChI is InChI=1S/C27H27FN4O2S/c1-4-31(17-20-8-7-9-21(28)16-20)25(33)18-35-27-30-29-26(23-10-5-6-11-24(23)34-3)32(27)22-14-12-19(2)13-15-22/h5-16H,4,17-18H2,1-3H3. The van der Waals surface area contributed by atoms with Gasteiger partial charge >= 0.3 is 0 Å². The number of aromatic nitrogens is 3. The van der Waals surface area contributed by atoms with Gasteiger partial charge in [0.1, 0.15) is 11.6 Å². The smallest absolute Gasteiger partial charge is 0.233 e. The van der Waals surface area contributed by atoms with Crippen LogP contribution in [0.3, 0.4) is 0 Å². The minimum absolute atomic E-state index is 0.0564. The first kappa shape index (κ1) is 24.5. The highest BCUT2D eigenvalue weighted by molar-refractivity contribution is 7.99. The third-order valence-corrected chi connectivity index (χ3v) is 6.51. The first-order valence-electron chi connectivity index (χ1n) is 11.3. The fourth-order valence-corrected chi connectivity index (χ4v) is 4.60. The van der Waals surface area contributed by atoms with Gasteiger partial charge in [0.2, 0.25) is 5.91 Å². The van der Waals surface area contributed by atoms with Crippen molar-refractivity contribution in [3.05, 3.63) is 89.7 Å². The van der Waals surface area contributed by atoms with Crippen molar-refractivity contribution < 1.29 is 13.9 Å². The Bertz CT molecular complexity index is 1310. The lowest BCUT2D eigenvalue weighted by Gasteiger charge is -2.21. The Kier molecular flexibility index (Phi) is 7.82. The van der Waals surface area contributed by atoms with Crippen molar-refractivity contribution in [3.8, 4) is 22.8 Å². The van der Waals surface area contributed by atoms with E-state index in [0.717, 1.165) is 22.4 Å². The van der Waals surface area contributed by atoms with Crippen molar-refractivity contribution in [1.29, 1.82) is 0 Å². The van der Waals surface area contributed by atoms with Crippen LogP contribution in [0.25, 0.3) is 17.1 Å². The Hall–Kier alpha value is -3.65. The molecule has 0 unspecified atom stereocenters. The Balaban J connectivity index is 1.61. The lowest BCUT2D eigenvalue weighted by Crippen LogP contribution is -2.31. The topological polar surface area (TPSA) is 60.3 Å². The average Bonchev–Trinajstić information content (AvgIpc) is 3.30. The van der Waals surface area contributed by atoms with E-state index in [0.29, 0.717) is 29.8 Å². The number of thioether (sulfide) groups is 1. The molecule has 180 valence electrons. The van der Waals surface area contributed by atoms with E-state index in [-0.39, 0.29) is 17.5 Å². The first-order chi connectivity index (χ1) is 17.0. The van der Waals surface area contributed by atoms with Crippen LogP contribution >= 0.6 is 11.8 Å². The summed E-state index contributed by atoms with van der Waals surface area (Å²) in [6.07, 6.45) is 0. The molecular formula is C27H27FN4O2S. The number of ether oxygens (including phenoxy) is 1. The molecule has 0 aliphatic heterocycles. The molecule has 0 aliphatic carbocycles. The van der Waals surface area contributed by atoms with Gasteiger partial charge in [0.25, 0.3) is 0 Å². The molecule has 1 heterocycles. The Morgan fingerprint density at radius 1 is 1.06 bits per heavy atom. The minimum atomic E-state index is -0.310. The molecule has 0 N–H and O–H groups in total. The van der Waals surface area contributed by atoms with Crippen LogP contribution in [0, 0.1) is 12.7 Å². The highest BCUT2D eigenvalue weighted by Gasteiger charge is 2.21. The molecule has 35 heavy (non-hydrogen) atoms. The molecule has 0 saturated heterocycles. The van der Waals surface area contributed by atoms with Gasteiger partial charge in [-0.25, -0.2) is 4.39 Å². The van der Waals surface area contributed by atoms with Gasteiger partial charge in [0.15, 0.2) is 11.0 Å². The minimum Gasteiger partial charge on any atom is -0.496 e. The van der Waals surface area contributed by atoms with Crippen LogP contribution < -0.4 is 4.74 Å². The van der Waals surface area contributed by atoms with E-state index in [1.165, 1.54) is 23.9 Å². The lowest BCUT2D eigenvalue weighted by atomic mass is 10.1. The summed E-state index contributed by atoms with van der Waals surface area (Å²) in [5.41, 5.74) is 3.60. The molecule has 0 aliphatic rings. The number of nitrogens with zero attached hydrogens (tertiary/aromatic N) is 4.